The van der Waals surface area contributed by atoms with Gasteiger partial charge < -0.3 is 4.90 Å². The number of piperidine rings is 3. The van der Waals surface area contributed by atoms with Crippen molar-refractivity contribution in [2.75, 3.05) is 19.6 Å². The highest BCUT2D eigenvalue weighted by Crippen LogP contribution is 2.45. The average molecular weight is 385 g/mol. The summed E-state index contributed by atoms with van der Waals surface area (Å²) in [6.07, 6.45) is 10.8. The van der Waals surface area contributed by atoms with Crippen molar-refractivity contribution in [1.29, 1.82) is 0 Å². The summed E-state index contributed by atoms with van der Waals surface area (Å²) in [5.41, 5.74) is 2.63. The van der Waals surface area contributed by atoms with Crippen molar-refractivity contribution in [3.8, 4) is 0 Å². The zero-order chi connectivity index (χ0) is 18.4. The summed E-state index contributed by atoms with van der Waals surface area (Å²) in [5, 5.41) is 0.728. The molecule has 0 saturated carbocycles. The van der Waals surface area contributed by atoms with Gasteiger partial charge in [0.1, 0.15) is 0 Å². The predicted octanol–water partition coefficient (Wildman–Crippen LogP) is 4.30. The Morgan fingerprint density at radius 3 is 2.81 bits per heavy atom. The topological polar surface area (TPSA) is 23.6 Å². The van der Waals surface area contributed by atoms with Gasteiger partial charge in [-0.05, 0) is 68.2 Å². The van der Waals surface area contributed by atoms with E-state index >= 15 is 0 Å². The zero-order valence-electron chi connectivity index (χ0n) is 15.9. The molecule has 0 radical (unpaired) electrons. The van der Waals surface area contributed by atoms with E-state index in [0.717, 1.165) is 35.5 Å². The number of halogens is 1. The largest absolute Gasteiger partial charge is 0.335 e. The van der Waals surface area contributed by atoms with Crippen LogP contribution in [-0.4, -0.2) is 47.4 Å². The summed E-state index contributed by atoms with van der Waals surface area (Å²) < 4.78 is 0. The summed E-state index contributed by atoms with van der Waals surface area (Å²) >= 11 is 5.99. The van der Waals surface area contributed by atoms with Gasteiger partial charge in [-0.3, -0.25) is 9.69 Å². The van der Waals surface area contributed by atoms with E-state index < -0.39 is 0 Å². The van der Waals surface area contributed by atoms with Crippen LogP contribution in [0, 0.1) is 11.8 Å². The van der Waals surface area contributed by atoms with E-state index in [1.165, 1.54) is 45.2 Å². The number of hydrogen-bond acceptors (Lipinski definition) is 2. The van der Waals surface area contributed by atoms with Crippen LogP contribution < -0.4 is 0 Å². The van der Waals surface area contributed by atoms with Crippen molar-refractivity contribution in [1.82, 2.24) is 9.80 Å². The first kappa shape index (κ1) is 17.8. The fraction of sp³-hybridized carbons (Fsp3) is 0.609. The normalized spacial score (nSPS) is 33.1. The number of nitrogens with zero attached hydrogens (tertiary/aromatic N) is 2. The SMILES string of the molecule is O=C(Cc1ccc(Cl)cc1)N1CCCC2=C[C@H]3C[C@@H](CN4CCCCC34)C21. The van der Waals surface area contributed by atoms with Gasteiger partial charge in [0.25, 0.3) is 0 Å². The smallest absolute Gasteiger partial charge is 0.227 e. The van der Waals surface area contributed by atoms with Crippen molar-refractivity contribution < 1.29 is 4.79 Å². The molecule has 3 heterocycles. The molecule has 2 unspecified atom stereocenters. The Morgan fingerprint density at radius 2 is 1.96 bits per heavy atom. The molecule has 0 aromatic heterocycles. The standard InChI is InChI=1S/C23H29ClN2O/c24-20-8-6-16(7-9-20)12-22(27)26-11-3-4-17-13-18-14-19(23(17)26)15-25-10-2-1-5-21(18)25/h6-9,13,18-19,21,23H,1-5,10-12,14-15H2/t18-,19-,21?,23?/m0/s1. The molecule has 3 nitrogen and oxygen atoms in total. The molecule has 3 saturated heterocycles. The second-order valence-corrected chi connectivity index (χ2v) is 9.33. The molecule has 5 rings (SSSR count). The molecule has 1 aromatic carbocycles. The third-order valence-electron chi connectivity index (χ3n) is 7.25. The lowest BCUT2D eigenvalue weighted by atomic mass is 9.68. The first-order chi connectivity index (χ1) is 13.2. The maximum Gasteiger partial charge on any atom is 0.227 e. The third-order valence-corrected chi connectivity index (χ3v) is 7.50. The Morgan fingerprint density at radius 1 is 1.11 bits per heavy atom. The highest BCUT2D eigenvalue weighted by Gasteiger charge is 2.46. The molecular weight excluding hydrogens is 356 g/mol. The van der Waals surface area contributed by atoms with E-state index in [1.54, 1.807) is 5.57 Å². The second kappa shape index (κ2) is 7.25. The zero-order valence-corrected chi connectivity index (χ0v) is 16.7. The molecule has 4 heteroatoms. The summed E-state index contributed by atoms with van der Waals surface area (Å²) in [4.78, 5) is 18.2. The minimum Gasteiger partial charge on any atom is -0.335 e. The van der Waals surface area contributed by atoms with Crippen LogP contribution in [-0.2, 0) is 11.2 Å². The van der Waals surface area contributed by atoms with Crippen molar-refractivity contribution in [3.63, 3.8) is 0 Å². The van der Waals surface area contributed by atoms with Gasteiger partial charge >= 0.3 is 0 Å². The molecule has 1 aromatic rings. The number of amides is 1. The molecule has 4 aliphatic rings. The molecule has 1 amide bonds. The lowest BCUT2D eigenvalue weighted by molar-refractivity contribution is -0.135. The lowest BCUT2D eigenvalue weighted by Crippen LogP contribution is -2.60. The first-order valence-electron chi connectivity index (χ1n) is 10.7. The number of carbonyl (C=O) groups is 1. The number of rotatable bonds is 2. The molecular formula is C23H29ClN2O. The lowest BCUT2D eigenvalue weighted by Gasteiger charge is -2.54. The molecule has 3 fully saturated rings. The van der Waals surface area contributed by atoms with Crippen molar-refractivity contribution in [2.24, 2.45) is 11.8 Å². The monoisotopic (exact) mass is 384 g/mol. The minimum absolute atomic E-state index is 0.284. The predicted molar refractivity (Wildman–Crippen MR) is 109 cm³/mol. The Balaban J connectivity index is 1.38. The van der Waals surface area contributed by atoms with Gasteiger partial charge in [-0.2, -0.15) is 0 Å². The maximum absolute atomic E-state index is 13.2. The third kappa shape index (κ3) is 3.34. The van der Waals surface area contributed by atoms with Gasteiger partial charge in [0, 0.05) is 24.2 Å². The van der Waals surface area contributed by atoms with Gasteiger partial charge in [-0.15, -0.1) is 0 Å². The van der Waals surface area contributed by atoms with Crippen LogP contribution in [0.25, 0.3) is 0 Å². The summed E-state index contributed by atoms with van der Waals surface area (Å²) in [6, 6.07) is 8.85. The van der Waals surface area contributed by atoms with Gasteiger partial charge in [0.2, 0.25) is 5.91 Å². The van der Waals surface area contributed by atoms with Crippen LogP contribution in [0.4, 0.5) is 0 Å². The number of hydrogen-bond donors (Lipinski definition) is 0. The number of carbonyl (C=O) groups excluding carboxylic acids is 1. The molecule has 0 spiro atoms. The molecule has 27 heavy (non-hydrogen) atoms. The van der Waals surface area contributed by atoms with Crippen LogP contribution in [0.5, 0.6) is 0 Å². The van der Waals surface area contributed by atoms with E-state index in [-0.39, 0.29) is 5.91 Å². The fourth-order valence-corrected chi connectivity index (χ4v) is 6.26. The molecule has 1 aliphatic carbocycles. The summed E-state index contributed by atoms with van der Waals surface area (Å²) in [7, 11) is 0. The van der Waals surface area contributed by atoms with Crippen molar-refractivity contribution in [2.45, 2.75) is 57.0 Å². The molecule has 3 aliphatic heterocycles. The minimum atomic E-state index is 0.284. The summed E-state index contributed by atoms with van der Waals surface area (Å²) in [6.45, 7) is 3.36. The molecule has 0 N–H and O–H groups in total. The van der Waals surface area contributed by atoms with Crippen LogP contribution in [0.1, 0.15) is 44.1 Å². The van der Waals surface area contributed by atoms with E-state index in [0.29, 0.717) is 18.4 Å². The van der Waals surface area contributed by atoms with E-state index in [4.69, 9.17) is 11.6 Å². The van der Waals surface area contributed by atoms with Crippen LogP contribution in [0.2, 0.25) is 5.02 Å². The van der Waals surface area contributed by atoms with Crippen LogP contribution >= 0.6 is 11.6 Å². The van der Waals surface area contributed by atoms with E-state index in [2.05, 4.69) is 15.9 Å². The molecule has 4 atom stereocenters. The van der Waals surface area contributed by atoms with Crippen molar-refractivity contribution in [3.05, 3.63) is 46.5 Å². The fourth-order valence-electron chi connectivity index (χ4n) is 6.13. The maximum atomic E-state index is 13.2. The van der Waals surface area contributed by atoms with Gasteiger partial charge in [-0.1, -0.05) is 41.8 Å². The van der Waals surface area contributed by atoms with E-state index in [1.807, 2.05) is 24.3 Å². The van der Waals surface area contributed by atoms with Crippen molar-refractivity contribution >= 4 is 17.5 Å². The first-order valence-corrected chi connectivity index (χ1v) is 11.1. The van der Waals surface area contributed by atoms with Crippen LogP contribution in [0.3, 0.4) is 0 Å². The Labute approximate surface area is 167 Å². The van der Waals surface area contributed by atoms with E-state index in [9.17, 15) is 4.79 Å². The highest BCUT2D eigenvalue weighted by atomic mass is 35.5. The highest BCUT2D eigenvalue weighted by molar-refractivity contribution is 6.30. The quantitative estimate of drug-likeness (QED) is 0.709. The van der Waals surface area contributed by atoms with Gasteiger partial charge in [0.15, 0.2) is 0 Å². The molecule has 144 valence electrons. The molecule has 2 bridgehead atoms. The Hall–Kier alpha value is -1.32. The Kier molecular flexibility index (Phi) is 4.77. The number of fused-ring (bicyclic) bond motifs is 6. The van der Waals surface area contributed by atoms with Crippen LogP contribution in [0.15, 0.2) is 35.9 Å². The number of benzene rings is 1. The summed E-state index contributed by atoms with van der Waals surface area (Å²) in [5.74, 6) is 1.63. The Bertz CT molecular complexity index is 743. The van der Waals surface area contributed by atoms with Gasteiger partial charge in [-0.25, -0.2) is 0 Å². The number of likely N-dealkylation sites (tertiary alicyclic amines) is 1. The van der Waals surface area contributed by atoms with Gasteiger partial charge in [0.05, 0.1) is 12.5 Å². The second-order valence-electron chi connectivity index (χ2n) is 8.90. The average Bonchev–Trinajstić information content (AvgIpc) is 2.69.